The number of nitrogens with one attached hydrogen (secondary N) is 2. The molecule has 0 amide bonds. The average Bonchev–Trinajstić information content (AvgIpc) is 3.27. The number of hydrogen-bond donors (Lipinski definition) is 2. The summed E-state index contributed by atoms with van der Waals surface area (Å²) < 4.78 is 5.67. The average molecular weight is 522 g/mol. The van der Waals surface area contributed by atoms with E-state index in [1.807, 2.05) is 0 Å². The predicted molar refractivity (Wildman–Crippen MR) is 132 cm³/mol. The summed E-state index contributed by atoms with van der Waals surface area (Å²) in [7, 11) is 0. The van der Waals surface area contributed by atoms with Crippen LogP contribution in [-0.4, -0.2) is 86.4 Å². The topological polar surface area (TPSA) is 52.1 Å². The molecule has 0 aliphatic carbocycles. The molecule has 6 nitrogen and oxygen atoms in total. The second-order valence-electron chi connectivity index (χ2n) is 8.89. The van der Waals surface area contributed by atoms with Crippen LogP contribution < -0.4 is 10.6 Å². The summed E-state index contributed by atoms with van der Waals surface area (Å²) in [4.78, 5) is 10.4. The molecule has 1 unspecified atom stereocenters. The van der Waals surface area contributed by atoms with E-state index in [1.54, 1.807) is 0 Å². The molecule has 1 atom stereocenters. The van der Waals surface area contributed by atoms with Gasteiger partial charge in [-0.05, 0) is 78.4 Å². The highest BCUT2D eigenvalue weighted by Crippen LogP contribution is 2.31. The van der Waals surface area contributed by atoms with Gasteiger partial charge >= 0.3 is 0 Å². The maximum Gasteiger partial charge on any atom is 0.191 e. The Morgan fingerprint density at radius 3 is 2.48 bits per heavy atom. The number of aliphatic imine (C=N–C) groups is 1. The number of piperidine rings is 1. The minimum atomic E-state index is 0. The number of likely N-dealkylation sites (tertiary alicyclic amines) is 2. The molecule has 2 N–H and O–H groups in total. The molecule has 3 rings (SSSR count). The summed E-state index contributed by atoms with van der Waals surface area (Å²) in [6.07, 6.45) is 10.2. The molecule has 3 aliphatic heterocycles. The number of ether oxygens (including phenoxy) is 1. The Hall–Kier alpha value is -0.120. The lowest BCUT2D eigenvalue weighted by Crippen LogP contribution is -2.54. The molecule has 0 radical (unpaired) electrons. The predicted octanol–water partition coefficient (Wildman–Crippen LogP) is 3.07. The van der Waals surface area contributed by atoms with Crippen LogP contribution in [0.4, 0.5) is 0 Å². The number of hydrogen-bond acceptors (Lipinski definition) is 4. The fourth-order valence-electron chi connectivity index (χ4n) is 5.06. The van der Waals surface area contributed by atoms with E-state index < -0.39 is 0 Å². The van der Waals surface area contributed by atoms with Crippen LogP contribution in [0.1, 0.15) is 65.2 Å². The van der Waals surface area contributed by atoms with Crippen LogP contribution in [0.2, 0.25) is 0 Å². The third kappa shape index (κ3) is 7.51. The molecule has 170 valence electrons. The van der Waals surface area contributed by atoms with E-state index in [9.17, 15) is 0 Å². The molecular weight excluding hydrogens is 477 g/mol. The molecule has 3 aliphatic rings. The molecule has 0 aromatic rings. The molecule has 0 saturated carbocycles. The lowest BCUT2D eigenvalue weighted by atomic mass is 9.88. The van der Waals surface area contributed by atoms with E-state index in [0.717, 1.165) is 57.7 Å². The molecule has 29 heavy (non-hydrogen) atoms. The molecule has 0 aromatic carbocycles. The summed E-state index contributed by atoms with van der Waals surface area (Å²) in [5.41, 5.74) is 0.209. The van der Waals surface area contributed by atoms with Crippen molar-refractivity contribution in [2.24, 2.45) is 4.99 Å². The second-order valence-corrected chi connectivity index (χ2v) is 8.89. The van der Waals surface area contributed by atoms with Crippen molar-refractivity contribution in [2.75, 3.05) is 59.0 Å². The van der Waals surface area contributed by atoms with Crippen LogP contribution in [-0.2, 0) is 4.74 Å². The van der Waals surface area contributed by atoms with Crippen molar-refractivity contribution in [2.45, 2.75) is 76.8 Å². The Balaban J connectivity index is 0.00000300. The van der Waals surface area contributed by atoms with Gasteiger partial charge in [0.15, 0.2) is 5.96 Å². The van der Waals surface area contributed by atoms with Crippen LogP contribution in [0.15, 0.2) is 4.99 Å². The van der Waals surface area contributed by atoms with Crippen molar-refractivity contribution < 1.29 is 4.74 Å². The van der Waals surface area contributed by atoms with Crippen LogP contribution in [0, 0.1) is 0 Å². The summed E-state index contributed by atoms with van der Waals surface area (Å²) in [5, 5.41) is 7.04. The van der Waals surface area contributed by atoms with Crippen molar-refractivity contribution >= 4 is 29.9 Å². The highest BCUT2D eigenvalue weighted by Gasteiger charge is 2.39. The van der Waals surface area contributed by atoms with E-state index in [-0.39, 0.29) is 29.5 Å². The summed E-state index contributed by atoms with van der Waals surface area (Å²) in [6, 6.07) is 0.754. The van der Waals surface area contributed by atoms with Crippen LogP contribution in [0.25, 0.3) is 0 Å². The first-order chi connectivity index (χ1) is 13.7. The van der Waals surface area contributed by atoms with Gasteiger partial charge in [-0.3, -0.25) is 9.89 Å². The fraction of sp³-hybridized carbons (Fsp3) is 0.955. The third-order valence-corrected chi connectivity index (χ3v) is 6.93. The largest absolute Gasteiger partial charge is 0.381 e. The number of halogens is 1. The SMILES string of the molecule is CCNC(=NCC1(N2CCCC2)CCOCC1)NCCCN1CCCCC1C.I. The van der Waals surface area contributed by atoms with Crippen molar-refractivity contribution in [1.82, 2.24) is 20.4 Å². The van der Waals surface area contributed by atoms with Gasteiger partial charge in [0.05, 0.1) is 6.54 Å². The Morgan fingerprint density at radius 2 is 1.79 bits per heavy atom. The first-order valence-electron chi connectivity index (χ1n) is 11.8. The standard InChI is InChI=1S/C22H43N5O.HI/c1-3-23-21(24-12-8-14-26-13-5-4-9-20(26)2)25-19-22(10-17-28-18-11-22)27-15-6-7-16-27;/h20H,3-19H2,1-2H3,(H2,23,24,25);1H. The Kier molecular flexibility index (Phi) is 11.6. The number of rotatable bonds is 8. The second kappa shape index (κ2) is 13.3. The highest BCUT2D eigenvalue weighted by molar-refractivity contribution is 14.0. The number of nitrogens with zero attached hydrogens (tertiary/aromatic N) is 3. The van der Waals surface area contributed by atoms with Crippen molar-refractivity contribution in [3.8, 4) is 0 Å². The van der Waals surface area contributed by atoms with Crippen molar-refractivity contribution in [3.05, 3.63) is 0 Å². The molecule has 3 fully saturated rings. The summed E-state index contributed by atoms with van der Waals surface area (Å²) in [6.45, 7) is 14.0. The summed E-state index contributed by atoms with van der Waals surface area (Å²) in [5.74, 6) is 0.985. The maximum atomic E-state index is 5.67. The Bertz CT molecular complexity index is 478. The zero-order chi connectivity index (χ0) is 19.7. The maximum absolute atomic E-state index is 5.67. The minimum Gasteiger partial charge on any atom is -0.381 e. The quantitative estimate of drug-likeness (QED) is 0.223. The first-order valence-corrected chi connectivity index (χ1v) is 11.8. The molecule has 0 aromatic heterocycles. The van der Waals surface area contributed by atoms with Crippen molar-refractivity contribution in [3.63, 3.8) is 0 Å². The minimum absolute atomic E-state index is 0. The third-order valence-electron chi connectivity index (χ3n) is 6.93. The van der Waals surface area contributed by atoms with Gasteiger partial charge in [0.25, 0.3) is 0 Å². The van der Waals surface area contributed by atoms with Gasteiger partial charge in [0.2, 0.25) is 0 Å². The molecule has 0 bridgehead atoms. The number of guanidine groups is 1. The zero-order valence-electron chi connectivity index (χ0n) is 18.8. The van der Waals surface area contributed by atoms with Gasteiger partial charge in [-0.15, -0.1) is 24.0 Å². The van der Waals surface area contributed by atoms with Crippen LogP contribution >= 0.6 is 24.0 Å². The van der Waals surface area contributed by atoms with Gasteiger partial charge in [-0.1, -0.05) is 6.42 Å². The monoisotopic (exact) mass is 521 g/mol. The van der Waals surface area contributed by atoms with Gasteiger partial charge in [-0.25, -0.2) is 0 Å². The fourth-order valence-corrected chi connectivity index (χ4v) is 5.06. The summed E-state index contributed by atoms with van der Waals surface area (Å²) >= 11 is 0. The van der Waals surface area contributed by atoms with Crippen LogP contribution in [0.5, 0.6) is 0 Å². The molecule has 3 heterocycles. The van der Waals surface area contributed by atoms with Crippen molar-refractivity contribution in [1.29, 1.82) is 0 Å². The van der Waals surface area contributed by atoms with E-state index in [4.69, 9.17) is 9.73 Å². The van der Waals surface area contributed by atoms with Gasteiger partial charge in [-0.2, -0.15) is 0 Å². The lowest BCUT2D eigenvalue weighted by Gasteiger charge is -2.43. The first kappa shape index (κ1) is 25.1. The molecular formula is C22H44IN5O. The van der Waals surface area contributed by atoms with Crippen LogP contribution in [0.3, 0.4) is 0 Å². The lowest BCUT2D eigenvalue weighted by molar-refractivity contribution is -0.0139. The van der Waals surface area contributed by atoms with E-state index in [0.29, 0.717) is 0 Å². The highest BCUT2D eigenvalue weighted by atomic mass is 127. The van der Waals surface area contributed by atoms with E-state index in [1.165, 1.54) is 64.7 Å². The molecule has 7 heteroatoms. The Morgan fingerprint density at radius 1 is 1.07 bits per heavy atom. The van der Waals surface area contributed by atoms with E-state index >= 15 is 0 Å². The molecule has 0 spiro atoms. The zero-order valence-corrected chi connectivity index (χ0v) is 21.1. The van der Waals surface area contributed by atoms with Gasteiger partial charge in [0.1, 0.15) is 0 Å². The molecule has 3 saturated heterocycles. The van der Waals surface area contributed by atoms with Gasteiger partial charge in [0, 0.05) is 44.4 Å². The van der Waals surface area contributed by atoms with Gasteiger partial charge < -0.3 is 20.3 Å². The van der Waals surface area contributed by atoms with E-state index in [2.05, 4.69) is 34.3 Å². The Labute approximate surface area is 195 Å². The normalized spacial score (nSPS) is 26.1. The smallest absolute Gasteiger partial charge is 0.191 e.